The van der Waals surface area contributed by atoms with E-state index in [0.717, 1.165) is 26.9 Å². The Kier molecular flexibility index (Phi) is 9.09. The third-order valence-corrected chi connectivity index (χ3v) is 7.18. The molecule has 0 fully saturated rings. The topological polar surface area (TPSA) is 86.8 Å². The third kappa shape index (κ3) is 7.07. The van der Waals surface area contributed by atoms with E-state index in [0.29, 0.717) is 18.7 Å². The van der Waals surface area contributed by atoms with Crippen LogP contribution in [-0.2, 0) is 26.0 Å². The Labute approximate surface area is 214 Å². The highest BCUT2D eigenvalue weighted by atomic mass is 32.2. The van der Waals surface area contributed by atoms with E-state index in [1.807, 2.05) is 74.5 Å². The lowest BCUT2D eigenvalue weighted by Gasteiger charge is -2.32. The zero-order valence-electron chi connectivity index (χ0n) is 21.3. The summed E-state index contributed by atoms with van der Waals surface area (Å²) in [4.78, 5) is 28.0. The summed E-state index contributed by atoms with van der Waals surface area (Å²) in [6.07, 6.45) is 1.64. The number of nitrogens with one attached hydrogen (secondary N) is 1. The lowest BCUT2D eigenvalue weighted by atomic mass is 10.1. The molecule has 0 aromatic heterocycles. The van der Waals surface area contributed by atoms with Gasteiger partial charge in [-0.25, -0.2) is 8.42 Å². The summed E-state index contributed by atoms with van der Waals surface area (Å²) in [6, 6.07) is 21.8. The van der Waals surface area contributed by atoms with E-state index < -0.39 is 28.5 Å². The number of carbonyl (C=O) groups excluding carboxylic acids is 2. The van der Waals surface area contributed by atoms with Gasteiger partial charge in [-0.05, 0) is 36.3 Å². The second-order valence-electron chi connectivity index (χ2n) is 9.41. The number of anilines is 1. The molecule has 192 valence electrons. The molecule has 36 heavy (non-hydrogen) atoms. The van der Waals surface area contributed by atoms with Crippen molar-refractivity contribution in [3.05, 3.63) is 78.4 Å². The molecule has 0 saturated heterocycles. The van der Waals surface area contributed by atoms with E-state index in [1.54, 1.807) is 19.1 Å². The van der Waals surface area contributed by atoms with Gasteiger partial charge in [0.15, 0.2) is 0 Å². The number of nitrogens with zero attached hydrogens (tertiary/aromatic N) is 2. The molecular formula is C28H35N3O4S. The second-order valence-corrected chi connectivity index (χ2v) is 11.3. The molecule has 2 amide bonds. The summed E-state index contributed by atoms with van der Waals surface area (Å²) in [5, 5.41) is 4.50. The van der Waals surface area contributed by atoms with E-state index >= 15 is 0 Å². The molecule has 1 unspecified atom stereocenters. The van der Waals surface area contributed by atoms with Crippen LogP contribution >= 0.6 is 0 Å². The smallest absolute Gasteiger partial charge is 0.244 e. The fraction of sp³-hybridized carbons (Fsp3) is 0.357. The first-order chi connectivity index (χ1) is 17.1. The van der Waals surface area contributed by atoms with Gasteiger partial charge in [0.05, 0.1) is 11.9 Å². The predicted octanol–water partition coefficient (Wildman–Crippen LogP) is 3.84. The van der Waals surface area contributed by atoms with Crippen LogP contribution in [0.15, 0.2) is 72.8 Å². The molecule has 0 aliphatic heterocycles. The largest absolute Gasteiger partial charge is 0.354 e. The van der Waals surface area contributed by atoms with Crippen LogP contribution in [0.1, 0.15) is 26.3 Å². The molecule has 1 N–H and O–H groups in total. The van der Waals surface area contributed by atoms with E-state index in [4.69, 9.17) is 0 Å². The standard InChI is InChI=1S/C28H35N3O4S/c1-21(2)19-29-28(33)22(3)30(18-17-23-11-6-5-7-12-23)27(32)20-31(36(4,34)35)26-16-10-14-24-13-8-9-15-25(24)26/h5-16,21-22H,17-20H2,1-4H3,(H,29,33). The number of hydrogen-bond donors (Lipinski definition) is 1. The Bertz CT molecular complexity index is 1290. The fourth-order valence-electron chi connectivity index (χ4n) is 4.04. The summed E-state index contributed by atoms with van der Waals surface area (Å²) in [7, 11) is -3.79. The molecule has 0 aliphatic rings. The number of carbonyl (C=O) groups is 2. The van der Waals surface area contributed by atoms with E-state index in [2.05, 4.69) is 5.32 Å². The number of benzene rings is 3. The molecule has 3 aromatic rings. The van der Waals surface area contributed by atoms with Crippen molar-refractivity contribution in [3.8, 4) is 0 Å². The van der Waals surface area contributed by atoms with Gasteiger partial charge in [-0.1, -0.05) is 80.6 Å². The number of rotatable bonds is 11. The van der Waals surface area contributed by atoms with Crippen LogP contribution in [0.2, 0.25) is 0 Å². The van der Waals surface area contributed by atoms with Crippen molar-refractivity contribution < 1.29 is 18.0 Å². The molecule has 7 nitrogen and oxygen atoms in total. The Balaban J connectivity index is 1.91. The van der Waals surface area contributed by atoms with Crippen LogP contribution in [0.4, 0.5) is 5.69 Å². The molecular weight excluding hydrogens is 474 g/mol. The van der Waals surface area contributed by atoms with Crippen molar-refractivity contribution >= 4 is 38.3 Å². The molecule has 8 heteroatoms. The molecule has 0 saturated carbocycles. The van der Waals surface area contributed by atoms with Gasteiger partial charge in [0.1, 0.15) is 12.6 Å². The van der Waals surface area contributed by atoms with Gasteiger partial charge in [-0.15, -0.1) is 0 Å². The third-order valence-electron chi connectivity index (χ3n) is 6.05. The van der Waals surface area contributed by atoms with E-state index in [1.165, 1.54) is 4.90 Å². The van der Waals surface area contributed by atoms with Crippen molar-refractivity contribution in [2.24, 2.45) is 5.92 Å². The molecule has 0 heterocycles. The summed E-state index contributed by atoms with van der Waals surface area (Å²) in [6.45, 7) is 6.06. The quantitative estimate of drug-likeness (QED) is 0.426. The zero-order valence-corrected chi connectivity index (χ0v) is 22.2. The van der Waals surface area contributed by atoms with Gasteiger partial charge in [0.2, 0.25) is 21.8 Å². The monoisotopic (exact) mass is 509 g/mol. The van der Waals surface area contributed by atoms with Crippen LogP contribution in [-0.4, -0.2) is 57.1 Å². The van der Waals surface area contributed by atoms with Crippen molar-refractivity contribution in [1.29, 1.82) is 0 Å². The minimum absolute atomic E-state index is 0.263. The zero-order chi connectivity index (χ0) is 26.3. The fourth-order valence-corrected chi connectivity index (χ4v) is 4.90. The predicted molar refractivity (Wildman–Crippen MR) is 145 cm³/mol. The van der Waals surface area contributed by atoms with E-state index in [-0.39, 0.29) is 18.4 Å². The summed E-state index contributed by atoms with van der Waals surface area (Å²) in [5.74, 6) is -0.431. The Hall–Kier alpha value is -3.39. The molecule has 1 atom stereocenters. The number of fused-ring (bicyclic) bond motifs is 1. The van der Waals surface area contributed by atoms with Crippen LogP contribution in [0.25, 0.3) is 10.8 Å². The minimum atomic E-state index is -3.79. The maximum atomic E-state index is 13.7. The Morgan fingerprint density at radius 3 is 2.19 bits per heavy atom. The average molecular weight is 510 g/mol. The van der Waals surface area contributed by atoms with Gasteiger partial charge in [-0.3, -0.25) is 13.9 Å². The molecule has 0 spiro atoms. The lowest BCUT2D eigenvalue weighted by molar-refractivity contribution is -0.138. The number of sulfonamides is 1. The molecule has 0 radical (unpaired) electrons. The van der Waals surface area contributed by atoms with Crippen LogP contribution in [0.5, 0.6) is 0 Å². The average Bonchev–Trinajstić information content (AvgIpc) is 2.85. The van der Waals surface area contributed by atoms with E-state index in [9.17, 15) is 18.0 Å². The van der Waals surface area contributed by atoms with Crippen LogP contribution < -0.4 is 9.62 Å². The highest BCUT2D eigenvalue weighted by Crippen LogP contribution is 2.28. The van der Waals surface area contributed by atoms with Crippen molar-refractivity contribution in [2.45, 2.75) is 33.2 Å². The second kappa shape index (κ2) is 12.0. The Morgan fingerprint density at radius 1 is 0.889 bits per heavy atom. The summed E-state index contributed by atoms with van der Waals surface area (Å²) < 4.78 is 26.9. The first-order valence-electron chi connectivity index (χ1n) is 12.1. The molecule has 3 aromatic carbocycles. The van der Waals surface area contributed by atoms with Crippen LogP contribution in [0, 0.1) is 5.92 Å². The summed E-state index contributed by atoms with van der Waals surface area (Å²) in [5.41, 5.74) is 1.46. The first-order valence-corrected chi connectivity index (χ1v) is 14.0. The van der Waals surface area contributed by atoms with Gasteiger partial charge in [0, 0.05) is 18.5 Å². The van der Waals surface area contributed by atoms with Gasteiger partial charge in [-0.2, -0.15) is 0 Å². The van der Waals surface area contributed by atoms with Crippen molar-refractivity contribution in [1.82, 2.24) is 10.2 Å². The van der Waals surface area contributed by atoms with Crippen molar-refractivity contribution in [2.75, 3.05) is 30.2 Å². The highest BCUT2D eigenvalue weighted by Gasteiger charge is 2.30. The number of amides is 2. The lowest BCUT2D eigenvalue weighted by Crippen LogP contribution is -2.52. The van der Waals surface area contributed by atoms with Crippen LogP contribution in [0.3, 0.4) is 0 Å². The molecule has 0 bridgehead atoms. The first kappa shape index (κ1) is 27.2. The molecule has 0 aliphatic carbocycles. The van der Waals surface area contributed by atoms with Gasteiger partial charge >= 0.3 is 0 Å². The number of hydrogen-bond acceptors (Lipinski definition) is 4. The normalized spacial score (nSPS) is 12.4. The van der Waals surface area contributed by atoms with Crippen molar-refractivity contribution in [3.63, 3.8) is 0 Å². The maximum Gasteiger partial charge on any atom is 0.244 e. The Morgan fingerprint density at radius 2 is 1.53 bits per heavy atom. The van der Waals surface area contributed by atoms with Gasteiger partial charge in [0.25, 0.3) is 0 Å². The SMILES string of the molecule is CC(C)CNC(=O)C(C)N(CCc1ccccc1)C(=O)CN(c1cccc2ccccc12)S(C)(=O)=O. The minimum Gasteiger partial charge on any atom is -0.354 e. The van der Waals surface area contributed by atoms with Gasteiger partial charge < -0.3 is 10.2 Å². The molecule has 3 rings (SSSR count). The maximum absolute atomic E-state index is 13.7. The highest BCUT2D eigenvalue weighted by molar-refractivity contribution is 7.92. The summed E-state index contributed by atoms with van der Waals surface area (Å²) >= 11 is 0.